The molecule has 96 valence electrons. The number of rotatable bonds is 3. The third-order valence-electron chi connectivity index (χ3n) is 2.53. The molecule has 2 aromatic rings. The molecule has 1 aromatic carbocycles. The monoisotopic (exact) mass is 255 g/mol. The summed E-state index contributed by atoms with van der Waals surface area (Å²) in [6, 6.07) is 7.30. The summed E-state index contributed by atoms with van der Waals surface area (Å²) in [5.74, 6) is 0. The van der Waals surface area contributed by atoms with E-state index in [9.17, 15) is 13.2 Å². The fraction of sp³-hybridized carbons (Fsp3) is 0.250. The van der Waals surface area contributed by atoms with Gasteiger partial charge in [0.1, 0.15) is 6.04 Å². The fourth-order valence-electron chi connectivity index (χ4n) is 1.56. The van der Waals surface area contributed by atoms with Gasteiger partial charge in [-0.25, -0.2) is 4.68 Å². The highest BCUT2D eigenvalue weighted by Crippen LogP contribution is 2.21. The molecule has 6 heteroatoms. The van der Waals surface area contributed by atoms with Gasteiger partial charge in [0.05, 0.1) is 11.9 Å². The molecule has 0 amide bonds. The molecule has 3 nitrogen and oxygen atoms in total. The van der Waals surface area contributed by atoms with Crippen LogP contribution in [0.3, 0.4) is 0 Å². The van der Waals surface area contributed by atoms with Crippen LogP contribution in [0.4, 0.5) is 13.2 Å². The summed E-state index contributed by atoms with van der Waals surface area (Å²) in [4.78, 5) is 0. The topological polar surface area (TPSA) is 43.8 Å². The largest absolute Gasteiger partial charge is 0.403 e. The van der Waals surface area contributed by atoms with Crippen LogP contribution in [0, 0.1) is 0 Å². The molecule has 0 radical (unpaired) electrons. The molecule has 0 bridgehead atoms. The maximum Gasteiger partial charge on any atom is 0.403 e. The lowest BCUT2D eigenvalue weighted by atomic mass is 10.1. The van der Waals surface area contributed by atoms with Gasteiger partial charge in [-0.3, -0.25) is 0 Å². The Morgan fingerprint density at radius 2 is 1.89 bits per heavy atom. The second-order valence-corrected chi connectivity index (χ2v) is 3.98. The van der Waals surface area contributed by atoms with Crippen LogP contribution < -0.4 is 5.73 Å². The molecule has 0 fully saturated rings. The van der Waals surface area contributed by atoms with Gasteiger partial charge in [-0.05, 0) is 24.1 Å². The van der Waals surface area contributed by atoms with Gasteiger partial charge >= 0.3 is 6.18 Å². The highest BCUT2D eigenvalue weighted by atomic mass is 19.4. The van der Waals surface area contributed by atoms with Gasteiger partial charge in [-0.2, -0.15) is 18.3 Å². The Morgan fingerprint density at radius 1 is 1.22 bits per heavy atom. The number of nitrogens with zero attached hydrogens (tertiary/aromatic N) is 2. The van der Waals surface area contributed by atoms with Crippen molar-refractivity contribution in [3.63, 3.8) is 0 Å². The second kappa shape index (κ2) is 4.81. The van der Waals surface area contributed by atoms with E-state index >= 15 is 0 Å². The number of alkyl halides is 3. The summed E-state index contributed by atoms with van der Waals surface area (Å²) in [5, 5.41) is 4.02. The van der Waals surface area contributed by atoms with Crippen LogP contribution in [-0.2, 0) is 6.42 Å². The van der Waals surface area contributed by atoms with Crippen molar-refractivity contribution in [1.29, 1.82) is 0 Å². The minimum atomic E-state index is -4.38. The lowest BCUT2D eigenvalue weighted by molar-refractivity contribution is -0.147. The standard InChI is InChI=1S/C12H12F3N3/c13-12(14,15)11(16)6-9-7-17-18(8-9)10-4-2-1-3-5-10/h1-5,7-8,11H,6,16H2. The Kier molecular flexibility index (Phi) is 3.38. The van der Waals surface area contributed by atoms with Crippen LogP contribution in [0.2, 0.25) is 0 Å². The number of para-hydroxylation sites is 1. The summed E-state index contributed by atoms with van der Waals surface area (Å²) in [5.41, 5.74) is 6.33. The number of benzene rings is 1. The first-order chi connectivity index (χ1) is 8.47. The Morgan fingerprint density at radius 3 is 2.50 bits per heavy atom. The van der Waals surface area contributed by atoms with Crippen molar-refractivity contribution in [2.75, 3.05) is 0 Å². The Hall–Kier alpha value is -1.82. The SMILES string of the molecule is NC(Cc1cnn(-c2ccccc2)c1)C(F)(F)F. The molecule has 0 aliphatic carbocycles. The molecule has 1 heterocycles. The third-order valence-corrected chi connectivity index (χ3v) is 2.53. The van der Waals surface area contributed by atoms with Crippen molar-refractivity contribution in [1.82, 2.24) is 9.78 Å². The van der Waals surface area contributed by atoms with Crippen molar-refractivity contribution < 1.29 is 13.2 Å². The lowest BCUT2D eigenvalue weighted by Crippen LogP contribution is -2.38. The van der Waals surface area contributed by atoms with Crippen molar-refractivity contribution in [3.05, 3.63) is 48.3 Å². The van der Waals surface area contributed by atoms with Crippen LogP contribution in [0.25, 0.3) is 5.69 Å². The molecule has 2 N–H and O–H groups in total. The molecule has 0 saturated heterocycles. The van der Waals surface area contributed by atoms with Crippen molar-refractivity contribution in [3.8, 4) is 5.69 Å². The van der Waals surface area contributed by atoms with E-state index < -0.39 is 12.2 Å². The minimum Gasteiger partial charge on any atom is -0.320 e. The van der Waals surface area contributed by atoms with Gasteiger partial charge in [0.2, 0.25) is 0 Å². The van der Waals surface area contributed by atoms with E-state index in [-0.39, 0.29) is 6.42 Å². The third kappa shape index (κ3) is 2.89. The number of hydrogen-bond acceptors (Lipinski definition) is 2. The molecular weight excluding hydrogens is 243 g/mol. The zero-order valence-corrected chi connectivity index (χ0v) is 9.43. The van der Waals surface area contributed by atoms with E-state index in [0.717, 1.165) is 5.69 Å². The van der Waals surface area contributed by atoms with E-state index in [2.05, 4.69) is 5.10 Å². The summed E-state index contributed by atoms with van der Waals surface area (Å²) in [6.07, 6.45) is -1.69. The van der Waals surface area contributed by atoms with E-state index in [1.807, 2.05) is 30.3 Å². The van der Waals surface area contributed by atoms with E-state index in [0.29, 0.717) is 5.56 Å². The maximum atomic E-state index is 12.3. The maximum absolute atomic E-state index is 12.3. The zero-order valence-electron chi connectivity index (χ0n) is 9.43. The average Bonchev–Trinajstić information content (AvgIpc) is 2.77. The van der Waals surface area contributed by atoms with Crippen LogP contribution in [0.15, 0.2) is 42.7 Å². The van der Waals surface area contributed by atoms with Gasteiger partial charge in [0.25, 0.3) is 0 Å². The van der Waals surface area contributed by atoms with Crippen LogP contribution in [0.5, 0.6) is 0 Å². The highest BCUT2D eigenvalue weighted by Gasteiger charge is 2.36. The Balaban J connectivity index is 2.12. The van der Waals surface area contributed by atoms with E-state index in [1.54, 1.807) is 6.20 Å². The summed E-state index contributed by atoms with van der Waals surface area (Å²) < 4.78 is 38.5. The number of halogens is 3. The molecule has 1 unspecified atom stereocenters. The first kappa shape index (κ1) is 12.6. The van der Waals surface area contributed by atoms with Gasteiger partial charge < -0.3 is 5.73 Å². The molecule has 1 atom stereocenters. The molecule has 2 rings (SSSR count). The predicted octanol–water partition coefficient (Wildman–Crippen LogP) is 2.30. The van der Waals surface area contributed by atoms with Gasteiger partial charge in [0, 0.05) is 6.20 Å². The van der Waals surface area contributed by atoms with Crippen LogP contribution >= 0.6 is 0 Å². The summed E-state index contributed by atoms with van der Waals surface area (Å²) >= 11 is 0. The zero-order chi connectivity index (χ0) is 13.2. The smallest absolute Gasteiger partial charge is 0.320 e. The average molecular weight is 255 g/mol. The molecule has 0 aliphatic heterocycles. The fourth-order valence-corrected chi connectivity index (χ4v) is 1.56. The number of hydrogen-bond donors (Lipinski definition) is 1. The quantitative estimate of drug-likeness (QED) is 0.914. The second-order valence-electron chi connectivity index (χ2n) is 3.98. The molecule has 0 aliphatic rings. The molecule has 18 heavy (non-hydrogen) atoms. The minimum absolute atomic E-state index is 0.268. The van der Waals surface area contributed by atoms with Crippen LogP contribution in [-0.4, -0.2) is 22.0 Å². The lowest BCUT2D eigenvalue weighted by Gasteiger charge is -2.13. The molecule has 1 aromatic heterocycles. The van der Waals surface area contributed by atoms with Gasteiger partial charge in [-0.1, -0.05) is 18.2 Å². The summed E-state index contributed by atoms with van der Waals surface area (Å²) in [6.45, 7) is 0. The van der Waals surface area contributed by atoms with E-state index in [1.165, 1.54) is 10.9 Å². The Labute approximate surface area is 102 Å². The number of nitrogens with two attached hydrogens (primary N) is 1. The number of aromatic nitrogens is 2. The van der Waals surface area contributed by atoms with Crippen molar-refractivity contribution in [2.24, 2.45) is 5.73 Å². The first-order valence-electron chi connectivity index (χ1n) is 5.38. The summed E-state index contributed by atoms with van der Waals surface area (Å²) in [7, 11) is 0. The van der Waals surface area contributed by atoms with Gasteiger partial charge in [0.15, 0.2) is 0 Å². The normalized spacial score (nSPS) is 13.6. The van der Waals surface area contributed by atoms with Crippen molar-refractivity contribution >= 4 is 0 Å². The highest BCUT2D eigenvalue weighted by molar-refractivity contribution is 5.31. The van der Waals surface area contributed by atoms with Gasteiger partial charge in [-0.15, -0.1) is 0 Å². The molecule has 0 spiro atoms. The van der Waals surface area contributed by atoms with Crippen LogP contribution in [0.1, 0.15) is 5.56 Å². The predicted molar refractivity (Wildman–Crippen MR) is 61.3 cm³/mol. The first-order valence-corrected chi connectivity index (χ1v) is 5.38. The molecular formula is C12H12F3N3. The van der Waals surface area contributed by atoms with E-state index in [4.69, 9.17) is 5.73 Å². The molecule has 0 saturated carbocycles. The van der Waals surface area contributed by atoms with Crippen molar-refractivity contribution in [2.45, 2.75) is 18.6 Å². The Bertz CT molecular complexity index is 505.